The van der Waals surface area contributed by atoms with Crippen molar-refractivity contribution in [1.29, 1.82) is 0 Å². The first-order valence-electron chi connectivity index (χ1n) is 34.1. The van der Waals surface area contributed by atoms with E-state index in [0.717, 1.165) is 89.9 Å². The van der Waals surface area contributed by atoms with E-state index in [9.17, 15) is 43.2 Å². The van der Waals surface area contributed by atoms with Gasteiger partial charge in [-0.05, 0) is 31.6 Å². The molecule has 0 amide bonds. The van der Waals surface area contributed by atoms with Crippen LogP contribution in [-0.2, 0) is 65.4 Å². The molecule has 0 aromatic rings. The van der Waals surface area contributed by atoms with E-state index in [1.807, 2.05) is 0 Å². The van der Waals surface area contributed by atoms with Crippen LogP contribution >= 0.6 is 15.6 Å². The molecule has 3 N–H and O–H groups in total. The lowest BCUT2D eigenvalue weighted by molar-refractivity contribution is -0.161. The molecule has 2 unspecified atom stereocenters. The lowest BCUT2D eigenvalue weighted by Crippen LogP contribution is -2.30. The molecule has 0 aromatic heterocycles. The van der Waals surface area contributed by atoms with Crippen molar-refractivity contribution in [2.45, 2.75) is 348 Å². The Morgan fingerprint density at radius 1 is 0.321 bits per heavy atom. The number of ether oxygens (including phenoxy) is 4. The van der Waals surface area contributed by atoms with Gasteiger partial charge in [0.25, 0.3) is 0 Å². The summed E-state index contributed by atoms with van der Waals surface area (Å²) in [5.41, 5.74) is 0. The summed E-state index contributed by atoms with van der Waals surface area (Å²) in [5, 5.41) is 10.5. The van der Waals surface area contributed by atoms with Crippen LogP contribution in [0.15, 0.2) is 0 Å². The summed E-state index contributed by atoms with van der Waals surface area (Å²) in [6.45, 7) is 7.14. The summed E-state index contributed by atoms with van der Waals surface area (Å²) in [6, 6.07) is 0. The minimum atomic E-state index is -4.94. The van der Waals surface area contributed by atoms with Gasteiger partial charge in [-0.3, -0.25) is 37.3 Å². The summed E-state index contributed by atoms with van der Waals surface area (Å²) < 4.78 is 68.0. The molecule has 0 aliphatic heterocycles. The molecule has 0 saturated carbocycles. The number of rotatable bonds is 65. The van der Waals surface area contributed by atoms with E-state index in [0.29, 0.717) is 31.6 Å². The van der Waals surface area contributed by atoms with E-state index < -0.39 is 97.5 Å². The molecule has 5 atom stereocenters. The highest BCUT2D eigenvalue weighted by atomic mass is 31.2. The molecule has 17 nitrogen and oxygen atoms in total. The fourth-order valence-electron chi connectivity index (χ4n) is 9.76. The summed E-state index contributed by atoms with van der Waals surface area (Å²) in [5.74, 6) is -1.43. The third-order valence-electron chi connectivity index (χ3n) is 15.0. The second kappa shape index (κ2) is 58.7. The van der Waals surface area contributed by atoms with Crippen molar-refractivity contribution in [1.82, 2.24) is 0 Å². The molecule has 0 radical (unpaired) electrons. The molecule has 0 rings (SSSR count). The van der Waals surface area contributed by atoms with Crippen LogP contribution < -0.4 is 0 Å². The Kier molecular flexibility index (Phi) is 57.4. The van der Waals surface area contributed by atoms with Crippen molar-refractivity contribution in [2.24, 2.45) is 5.92 Å². The van der Waals surface area contributed by atoms with Crippen LogP contribution in [0.25, 0.3) is 0 Å². The maximum absolute atomic E-state index is 13.0. The molecule has 0 aliphatic carbocycles. The average molecular weight is 1240 g/mol. The predicted molar refractivity (Wildman–Crippen MR) is 335 cm³/mol. The van der Waals surface area contributed by atoms with Crippen molar-refractivity contribution in [3.63, 3.8) is 0 Å². The molecule has 0 bridgehead atoms. The molecule has 0 fully saturated rings. The van der Waals surface area contributed by atoms with Gasteiger partial charge in [0.15, 0.2) is 12.2 Å². The van der Waals surface area contributed by atoms with Crippen LogP contribution in [0.5, 0.6) is 0 Å². The Bertz CT molecular complexity index is 1640. The van der Waals surface area contributed by atoms with E-state index in [1.165, 1.54) is 154 Å². The van der Waals surface area contributed by atoms with Gasteiger partial charge in [0, 0.05) is 25.7 Å². The Morgan fingerprint density at radius 2 is 0.548 bits per heavy atom. The monoisotopic (exact) mass is 1240 g/mol. The zero-order valence-corrected chi connectivity index (χ0v) is 55.8. The molecule has 0 heterocycles. The van der Waals surface area contributed by atoms with Gasteiger partial charge >= 0.3 is 39.5 Å². The van der Waals surface area contributed by atoms with E-state index in [4.69, 9.17) is 37.0 Å². The van der Waals surface area contributed by atoms with Gasteiger partial charge < -0.3 is 33.8 Å². The number of phosphoric ester groups is 2. The number of carbonyl (C=O) groups excluding carboxylic acids is 4. The minimum Gasteiger partial charge on any atom is -0.462 e. The highest BCUT2D eigenvalue weighted by Crippen LogP contribution is 2.45. The van der Waals surface area contributed by atoms with Crippen LogP contribution in [0.3, 0.4) is 0 Å². The smallest absolute Gasteiger partial charge is 0.462 e. The Morgan fingerprint density at radius 3 is 0.810 bits per heavy atom. The number of unbranched alkanes of at least 4 members (excludes halogenated alkanes) is 37. The summed E-state index contributed by atoms with van der Waals surface area (Å²) in [6.07, 6.45) is 43.0. The Labute approximate surface area is 511 Å². The zero-order chi connectivity index (χ0) is 62.0. The normalized spacial score (nSPS) is 14.2. The quantitative estimate of drug-likeness (QED) is 0.0222. The summed E-state index contributed by atoms with van der Waals surface area (Å²) in [7, 11) is -9.89. The lowest BCUT2D eigenvalue weighted by atomic mass is 10.0. The maximum Gasteiger partial charge on any atom is 0.472 e. The second-order valence-corrected chi connectivity index (χ2v) is 26.9. The molecule has 0 spiro atoms. The number of carbonyl (C=O) groups is 4. The van der Waals surface area contributed by atoms with Crippen LogP contribution in [0.1, 0.15) is 330 Å². The Hall–Kier alpha value is -1.94. The fraction of sp³-hybridized carbons (Fsp3) is 0.938. The van der Waals surface area contributed by atoms with Crippen LogP contribution in [-0.4, -0.2) is 96.7 Å². The van der Waals surface area contributed by atoms with Gasteiger partial charge in [0.2, 0.25) is 0 Å². The minimum absolute atomic E-state index is 0.104. The van der Waals surface area contributed by atoms with Gasteiger partial charge in [0.05, 0.1) is 26.4 Å². The SMILES string of the molecule is CCCCCCCCCCCCCCC(=O)OC[C@H](COP(=O)(O)OC[C@@H](O)COP(=O)(O)OC[C@@H](COC(=O)CCCCCCCCCCCC)OC(=O)CCCCCCCCCC(C)C)OC(=O)CCCCCCCCCCCCCC. The summed E-state index contributed by atoms with van der Waals surface area (Å²) >= 11 is 0. The number of aliphatic hydroxyl groups is 1. The van der Waals surface area contributed by atoms with Crippen molar-refractivity contribution in [3.8, 4) is 0 Å². The number of hydrogen-bond donors (Lipinski definition) is 3. The molecule has 0 saturated heterocycles. The molecular weight excluding hydrogens is 1110 g/mol. The highest BCUT2D eigenvalue weighted by molar-refractivity contribution is 7.47. The third-order valence-corrected chi connectivity index (χ3v) is 16.9. The molecule has 0 aliphatic rings. The lowest BCUT2D eigenvalue weighted by Gasteiger charge is -2.21. The fourth-order valence-corrected chi connectivity index (χ4v) is 11.3. The van der Waals surface area contributed by atoms with Gasteiger partial charge in [-0.25, -0.2) is 9.13 Å². The maximum atomic E-state index is 13.0. The van der Waals surface area contributed by atoms with Crippen molar-refractivity contribution < 1.29 is 80.2 Å². The molecule has 19 heteroatoms. The number of aliphatic hydroxyl groups excluding tert-OH is 1. The number of hydrogen-bond acceptors (Lipinski definition) is 15. The summed E-state index contributed by atoms with van der Waals surface area (Å²) in [4.78, 5) is 72.2. The second-order valence-electron chi connectivity index (χ2n) is 24.0. The molecule has 498 valence electrons. The number of phosphoric acid groups is 2. The first-order valence-corrected chi connectivity index (χ1v) is 37.1. The first-order chi connectivity index (χ1) is 40.5. The van der Waals surface area contributed by atoms with E-state index >= 15 is 0 Å². The number of esters is 4. The largest absolute Gasteiger partial charge is 0.472 e. The molecule has 0 aromatic carbocycles. The van der Waals surface area contributed by atoms with E-state index in [-0.39, 0.29) is 25.7 Å². The predicted octanol–water partition coefficient (Wildman–Crippen LogP) is 18.2. The standard InChI is InChI=1S/C65H126O17P2/c1-6-9-12-15-18-21-24-26-29-34-39-44-49-63(68)76-54-60(81-64(69)50-45-40-35-30-27-25-22-19-16-13-10-7-2)56-79-83(71,72)77-52-59(66)53-78-84(73,74)80-57-61(82-65(70)51-46-41-36-31-32-37-42-47-58(4)5)55-75-62(67)48-43-38-33-28-23-20-17-14-11-8-3/h58-61,66H,6-57H2,1-5H3,(H,71,72)(H,73,74)/t59-,60-,61-/m1/s1. The van der Waals surface area contributed by atoms with Crippen LogP contribution in [0.2, 0.25) is 0 Å². The average Bonchev–Trinajstić information content (AvgIpc) is 3.58. The molecular formula is C65H126O17P2. The van der Waals surface area contributed by atoms with Crippen molar-refractivity contribution in [2.75, 3.05) is 39.6 Å². The van der Waals surface area contributed by atoms with E-state index in [2.05, 4.69) is 34.6 Å². The van der Waals surface area contributed by atoms with Gasteiger partial charge in [0.1, 0.15) is 19.3 Å². The van der Waals surface area contributed by atoms with Crippen molar-refractivity contribution in [3.05, 3.63) is 0 Å². The van der Waals surface area contributed by atoms with Gasteiger partial charge in [-0.15, -0.1) is 0 Å². The van der Waals surface area contributed by atoms with Gasteiger partial charge in [-0.1, -0.05) is 279 Å². The van der Waals surface area contributed by atoms with Crippen LogP contribution in [0, 0.1) is 5.92 Å². The topological polar surface area (TPSA) is 237 Å². The molecule has 84 heavy (non-hydrogen) atoms. The highest BCUT2D eigenvalue weighted by Gasteiger charge is 2.30. The van der Waals surface area contributed by atoms with Crippen LogP contribution in [0.4, 0.5) is 0 Å². The van der Waals surface area contributed by atoms with Crippen molar-refractivity contribution >= 4 is 39.5 Å². The van der Waals surface area contributed by atoms with E-state index in [1.54, 1.807) is 0 Å². The van der Waals surface area contributed by atoms with Gasteiger partial charge in [-0.2, -0.15) is 0 Å². The Balaban J connectivity index is 5.24. The third kappa shape index (κ3) is 59.0. The zero-order valence-electron chi connectivity index (χ0n) is 54.0. The first kappa shape index (κ1) is 82.1.